The summed E-state index contributed by atoms with van der Waals surface area (Å²) in [4.78, 5) is 0. The zero-order valence-electron chi connectivity index (χ0n) is 23.0. The molecule has 0 aliphatic carbocycles. The first-order chi connectivity index (χ1) is 16.7. The molecule has 0 unspecified atom stereocenters. The van der Waals surface area contributed by atoms with Gasteiger partial charge in [0.15, 0.2) is 0 Å². The second kappa shape index (κ2) is 11.6. The van der Waals surface area contributed by atoms with Crippen molar-refractivity contribution < 1.29 is 26.2 Å². The van der Waals surface area contributed by atoms with Crippen molar-refractivity contribution in [2.45, 2.75) is 55.4 Å². The maximum Gasteiger partial charge on any atom is 3.00 e. The van der Waals surface area contributed by atoms with Crippen LogP contribution >= 0.6 is 0 Å². The predicted molar refractivity (Wildman–Crippen MR) is 157 cm³/mol. The molecule has 0 heterocycles. The first kappa shape index (κ1) is 28.0. The van der Waals surface area contributed by atoms with Gasteiger partial charge in [-0.2, -0.15) is 17.7 Å². The number of aryl methyl sites for hydroxylation is 8. The molecular weight excluding hydrogens is 512 g/mol. The Bertz CT molecular complexity index is 1450. The number of rotatable bonds is 0. The zero-order valence-corrected chi connectivity index (χ0v) is 25.5. The van der Waals surface area contributed by atoms with E-state index in [0.717, 1.165) is 0 Å². The fourth-order valence-electron chi connectivity index (χ4n) is 4.99. The topological polar surface area (TPSA) is 0 Å². The van der Waals surface area contributed by atoms with Gasteiger partial charge in [0.2, 0.25) is 0 Å². The third-order valence-corrected chi connectivity index (χ3v) is 7.26. The van der Waals surface area contributed by atoms with Crippen molar-refractivity contribution >= 4 is 32.3 Å². The molecule has 1 radical (unpaired) electrons. The average molecular weight is 549 g/mol. The summed E-state index contributed by atoms with van der Waals surface area (Å²) in [7, 11) is 0. The summed E-state index contributed by atoms with van der Waals surface area (Å²) >= 11 is 0. The SMILES string of the molecule is Cc1[cH-]c2ccccc2c1C.Cc1cc2c(C)ccc(C)c2[cH-]1.Cc1cc2c(C)ccc(C)c2[cH-]1.[Zr+3]. The maximum atomic E-state index is 2.26. The molecule has 0 aliphatic heterocycles. The van der Waals surface area contributed by atoms with Gasteiger partial charge in [-0.25, -0.2) is 0 Å². The van der Waals surface area contributed by atoms with Crippen LogP contribution < -0.4 is 0 Å². The van der Waals surface area contributed by atoms with Crippen molar-refractivity contribution in [3.8, 4) is 0 Å². The van der Waals surface area contributed by atoms with Crippen molar-refractivity contribution in [1.82, 2.24) is 0 Å². The third-order valence-electron chi connectivity index (χ3n) is 7.26. The summed E-state index contributed by atoms with van der Waals surface area (Å²) in [6.07, 6.45) is 0. The van der Waals surface area contributed by atoms with Gasteiger partial charge < -0.3 is 0 Å². The Morgan fingerprint density at radius 1 is 0.472 bits per heavy atom. The van der Waals surface area contributed by atoms with Crippen LogP contribution in [0.4, 0.5) is 0 Å². The summed E-state index contributed by atoms with van der Waals surface area (Å²) in [5.74, 6) is 0. The molecule has 6 rings (SSSR count). The molecule has 6 aromatic carbocycles. The van der Waals surface area contributed by atoms with Crippen LogP contribution in [0.3, 0.4) is 0 Å². The molecule has 0 atom stereocenters. The van der Waals surface area contributed by atoms with E-state index in [4.69, 9.17) is 0 Å². The molecule has 0 amide bonds. The summed E-state index contributed by atoms with van der Waals surface area (Å²) in [5.41, 5.74) is 11.1. The minimum Gasteiger partial charge on any atom is -0.165 e. The molecule has 0 saturated heterocycles. The summed E-state index contributed by atoms with van der Waals surface area (Å²) in [5, 5.41) is 8.40. The van der Waals surface area contributed by atoms with Gasteiger partial charge in [0, 0.05) is 0 Å². The number of hydrogen-bond donors (Lipinski definition) is 0. The molecule has 0 saturated carbocycles. The largest absolute Gasteiger partial charge is 3.00 e. The van der Waals surface area contributed by atoms with E-state index in [0.29, 0.717) is 0 Å². The molecule has 0 N–H and O–H groups in total. The van der Waals surface area contributed by atoms with Gasteiger partial charge in [0.05, 0.1) is 0 Å². The Morgan fingerprint density at radius 2 is 0.917 bits per heavy atom. The van der Waals surface area contributed by atoms with Gasteiger partial charge in [0.1, 0.15) is 0 Å². The second-order valence-electron chi connectivity index (χ2n) is 10.2. The van der Waals surface area contributed by atoms with Crippen molar-refractivity contribution in [3.05, 3.63) is 123 Å². The van der Waals surface area contributed by atoms with Crippen LogP contribution in [-0.2, 0) is 26.2 Å². The van der Waals surface area contributed by atoms with Gasteiger partial charge in [-0.1, -0.05) is 70.9 Å². The van der Waals surface area contributed by atoms with E-state index in [2.05, 4.69) is 134 Å². The van der Waals surface area contributed by atoms with Gasteiger partial charge >= 0.3 is 26.2 Å². The van der Waals surface area contributed by atoms with Gasteiger partial charge in [0.25, 0.3) is 0 Å². The van der Waals surface area contributed by atoms with Gasteiger partial charge in [-0.3, -0.25) is 0 Å². The van der Waals surface area contributed by atoms with E-state index in [-0.39, 0.29) is 26.2 Å². The van der Waals surface area contributed by atoms with Crippen LogP contribution in [0, 0.1) is 55.4 Å². The summed E-state index contributed by atoms with van der Waals surface area (Å²) in [6.45, 7) is 17.3. The van der Waals surface area contributed by atoms with E-state index < -0.39 is 0 Å². The van der Waals surface area contributed by atoms with E-state index in [1.807, 2.05) is 0 Å². The fraction of sp³-hybridized carbons (Fsp3) is 0.229. The van der Waals surface area contributed by atoms with Crippen molar-refractivity contribution in [3.63, 3.8) is 0 Å². The van der Waals surface area contributed by atoms with Crippen molar-refractivity contribution in [2.24, 2.45) is 0 Å². The van der Waals surface area contributed by atoms with Crippen molar-refractivity contribution in [2.75, 3.05) is 0 Å². The van der Waals surface area contributed by atoms with Crippen LogP contribution in [0.1, 0.15) is 44.5 Å². The minimum absolute atomic E-state index is 0. The molecule has 6 aromatic rings. The van der Waals surface area contributed by atoms with Crippen LogP contribution in [0.2, 0.25) is 0 Å². The Morgan fingerprint density at radius 3 is 1.36 bits per heavy atom. The molecule has 0 spiro atoms. The smallest absolute Gasteiger partial charge is 0.165 e. The Kier molecular flexibility index (Phi) is 9.02. The molecule has 181 valence electrons. The second-order valence-corrected chi connectivity index (χ2v) is 10.2. The number of benzene rings is 3. The quantitative estimate of drug-likeness (QED) is 0.166. The summed E-state index contributed by atoms with van der Waals surface area (Å²) in [6, 6.07) is 28.6. The van der Waals surface area contributed by atoms with E-state index in [1.54, 1.807) is 0 Å². The Labute approximate surface area is 236 Å². The Balaban J connectivity index is 0.000000149. The zero-order chi connectivity index (χ0) is 25.3. The molecule has 1 heteroatoms. The predicted octanol–water partition coefficient (Wildman–Crippen LogP) is 10.1. The summed E-state index contributed by atoms with van der Waals surface area (Å²) < 4.78 is 0. The van der Waals surface area contributed by atoms with Crippen LogP contribution in [-0.4, -0.2) is 0 Å². The number of fused-ring (bicyclic) bond motifs is 3. The minimum atomic E-state index is 0. The molecule has 0 aromatic heterocycles. The van der Waals surface area contributed by atoms with Crippen LogP contribution in [0.25, 0.3) is 32.3 Å². The van der Waals surface area contributed by atoms with E-state index in [9.17, 15) is 0 Å². The number of hydrogen-bond acceptors (Lipinski definition) is 0. The van der Waals surface area contributed by atoms with Gasteiger partial charge in [-0.05, 0) is 13.8 Å². The standard InChI is InChI=1S/2C12H13.C11H11.Zr/c2*1-8-6-11-9(2)4-5-10(3)12(11)7-8;1-8-7-10-5-3-4-6-11(10)9(8)2;/h2*4-7H,1-3H3;3-7H,1-2H3;/q3*-1;+3. The average Bonchev–Trinajstić information content (AvgIpc) is 3.51. The van der Waals surface area contributed by atoms with Crippen molar-refractivity contribution in [1.29, 1.82) is 0 Å². The van der Waals surface area contributed by atoms with E-state index >= 15 is 0 Å². The monoisotopic (exact) mass is 547 g/mol. The molecular formula is C35H37Zr. The normalized spacial score (nSPS) is 10.6. The molecule has 0 nitrogen and oxygen atoms in total. The van der Waals surface area contributed by atoms with Gasteiger partial charge in [-0.15, -0.1) is 109 Å². The van der Waals surface area contributed by atoms with Crippen LogP contribution in [0.5, 0.6) is 0 Å². The molecule has 0 fully saturated rings. The Hall–Kier alpha value is -2.63. The molecule has 36 heavy (non-hydrogen) atoms. The maximum absolute atomic E-state index is 2.26. The van der Waals surface area contributed by atoms with Crippen LogP contribution in [0.15, 0.2) is 78.9 Å². The van der Waals surface area contributed by atoms with E-state index in [1.165, 1.54) is 76.8 Å². The first-order valence-electron chi connectivity index (χ1n) is 12.5. The molecule has 0 bridgehead atoms. The molecule has 0 aliphatic rings. The fourth-order valence-corrected chi connectivity index (χ4v) is 4.99. The first-order valence-corrected chi connectivity index (χ1v) is 12.5. The third kappa shape index (κ3) is 5.84.